The third-order valence-corrected chi connectivity index (χ3v) is 7.50. The van der Waals surface area contributed by atoms with E-state index >= 15 is 0 Å². The topological polar surface area (TPSA) is 18.5 Å². The summed E-state index contributed by atoms with van der Waals surface area (Å²) in [6.07, 6.45) is 9.63. The van der Waals surface area contributed by atoms with Crippen molar-refractivity contribution in [2.45, 2.75) is 83.8 Å². The fourth-order valence-corrected chi connectivity index (χ4v) is 5.10. The summed E-state index contributed by atoms with van der Waals surface area (Å²) in [6.45, 7) is 5.04. The van der Waals surface area contributed by atoms with Gasteiger partial charge in [0.05, 0.1) is 13.2 Å². The molecule has 2 nitrogen and oxygen atoms in total. The van der Waals surface area contributed by atoms with E-state index in [1.807, 2.05) is 13.0 Å². The molecule has 0 aromatic heterocycles. The smallest absolute Gasteiger partial charge is 0.166 e. The number of ether oxygens (including phenoxy) is 2. The van der Waals surface area contributed by atoms with E-state index in [0.717, 1.165) is 24.8 Å². The van der Waals surface area contributed by atoms with Crippen LogP contribution in [0.25, 0.3) is 22.3 Å². The second-order valence-corrected chi connectivity index (χ2v) is 10.4. The van der Waals surface area contributed by atoms with Crippen LogP contribution in [-0.2, 0) is 15.9 Å². The molecular formula is C33H39F3O2. The Hall–Kier alpha value is -2.63. The molecule has 1 heterocycles. The Morgan fingerprint density at radius 3 is 1.89 bits per heavy atom. The highest BCUT2D eigenvalue weighted by atomic mass is 19.2. The maximum atomic E-state index is 15.0. The van der Waals surface area contributed by atoms with E-state index in [0.29, 0.717) is 41.9 Å². The van der Waals surface area contributed by atoms with Gasteiger partial charge in [-0.15, -0.1) is 0 Å². The maximum absolute atomic E-state index is 15.0. The second-order valence-electron chi connectivity index (χ2n) is 10.4. The molecule has 5 heteroatoms. The van der Waals surface area contributed by atoms with Gasteiger partial charge < -0.3 is 9.47 Å². The third kappa shape index (κ3) is 7.27. The Kier molecular flexibility index (Phi) is 10.4. The molecule has 1 aliphatic rings. The molecule has 0 saturated carbocycles. The Bertz CT molecular complexity index is 1170. The zero-order valence-electron chi connectivity index (χ0n) is 22.6. The lowest BCUT2D eigenvalue weighted by Gasteiger charge is -2.27. The van der Waals surface area contributed by atoms with Crippen molar-refractivity contribution in [1.82, 2.24) is 0 Å². The van der Waals surface area contributed by atoms with Gasteiger partial charge in [-0.1, -0.05) is 100 Å². The number of aryl methyl sites for hydroxylation is 1. The average molecular weight is 525 g/mol. The predicted molar refractivity (Wildman–Crippen MR) is 148 cm³/mol. The lowest BCUT2D eigenvalue weighted by atomic mass is 9.94. The molecule has 0 unspecified atom stereocenters. The zero-order chi connectivity index (χ0) is 26.9. The van der Waals surface area contributed by atoms with Crippen LogP contribution in [0.5, 0.6) is 0 Å². The first-order valence-corrected chi connectivity index (χ1v) is 14.1. The van der Waals surface area contributed by atoms with E-state index in [1.54, 1.807) is 42.5 Å². The van der Waals surface area contributed by atoms with E-state index in [2.05, 4.69) is 6.92 Å². The number of rotatable bonds is 12. The van der Waals surface area contributed by atoms with Crippen molar-refractivity contribution >= 4 is 0 Å². The molecule has 1 aliphatic heterocycles. The highest BCUT2D eigenvalue weighted by Gasteiger charge is 2.22. The van der Waals surface area contributed by atoms with Crippen LogP contribution in [0.1, 0.15) is 82.3 Å². The van der Waals surface area contributed by atoms with Crippen LogP contribution >= 0.6 is 0 Å². The standard InChI is InChI=1S/C33H39F3O2/c1-3-4-5-6-7-8-9-10-11-26-16-19-30(33(36)32(26)35)25-14-12-24(13-15-25)29-18-17-27(20-31(29)34)28-21-37-23(2)38-22-28/h12-20,23,28H,3-11,21-22H2,1-2H3. The molecule has 3 aromatic rings. The molecule has 0 atom stereocenters. The van der Waals surface area contributed by atoms with Crippen LogP contribution < -0.4 is 0 Å². The van der Waals surface area contributed by atoms with E-state index in [4.69, 9.17) is 9.47 Å². The molecule has 0 bridgehead atoms. The zero-order valence-corrected chi connectivity index (χ0v) is 22.6. The second kappa shape index (κ2) is 14.0. The normalized spacial score (nSPS) is 17.6. The van der Waals surface area contributed by atoms with Gasteiger partial charge in [0, 0.05) is 17.0 Å². The maximum Gasteiger partial charge on any atom is 0.166 e. The first-order chi connectivity index (χ1) is 18.5. The molecular weight excluding hydrogens is 485 g/mol. The summed E-state index contributed by atoms with van der Waals surface area (Å²) in [5, 5.41) is 0. The molecule has 1 fully saturated rings. The Morgan fingerprint density at radius 2 is 1.26 bits per heavy atom. The van der Waals surface area contributed by atoms with Gasteiger partial charge in [-0.25, -0.2) is 13.2 Å². The minimum atomic E-state index is -0.823. The molecule has 0 aliphatic carbocycles. The van der Waals surface area contributed by atoms with Gasteiger partial charge in [0.15, 0.2) is 17.9 Å². The molecule has 0 N–H and O–H groups in total. The lowest BCUT2D eigenvalue weighted by Crippen LogP contribution is -2.28. The Morgan fingerprint density at radius 1 is 0.684 bits per heavy atom. The van der Waals surface area contributed by atoms with Crippen molar-refractivity contribution < 1.29 is 22.6 Å². The summed E-state index contributed by atoms with van der Waals surface area (Å²) in [7, 11) is 0. The molecule has 4 rings (SSSR count). The number of benzene rings is 3. The summed E-state index contributed by atoms with van der Waals surface area (Å²) >= 11 is 0. The van der Waals surface area contributed by atoms with E-state index in [9.17, 15) is 13.2 Å². The first-order valence-electron chi connectivity index (χ1n) is 14.1. The minimum absolute atomic E-state index is 0.00600. The monoisotopic (exact) mass is 524 g/mol. The Balaban J connectivity index is 1.37. The van der Waals surface area contributed by atoms with Gasteiger partial charge >= 0.3 is 0 Å². The molecule has 204 valence electrons. The van der Waals surface area contributed by atoms with Crippen molar-refractivity contribution in [3.63, 3.8) is 0 Å². The van der Waals surface area contributed by atoms with Crippen LogP contribution in [0.3, 0.4) is 0 Å². The number of unbranched alkanes of at least 4 members (excludes halogenated alkanes) is 7. The Labute approximate surface area is 225 Å². The first kappa shape index (κ1) is 28.4. The van der Waals surface area contributed by atoms with Gasteiger partial charge in [0.25, 0.3) is 0 Å². The van der Waals surface area contributed by atoms with Crippen LogP contribution in [0.4, 0.5) is 13.2 Å². The molecule has 1 saturated heterocycles. The molecule has 0 amide bonds. The molecule has 38 heavy (non-hydrogen) atoms. The number of halogens is 3. The van der Waals surface area contributed by atoms with Crippen LogP contribution in [0.2, 0.25) is 0 Å². The lowest BCUT2D eigenvalue weighted by molar-refractivity contribution is -0.176. The molecule has 0 spiro atoms. The predicted octanol–water partition coefficient (Wildman–Crippen LogP) is 9.60. The van der Waals surface area contributed by atoms with E-state index < -0.39 is 11.6 Å². The molecule has 0 radical (unpaired) electrons. The van der Waals surface area contributed by atoms with Gasteiger partial charge in [-0.3, -0.25) is 0 Å². The van der Waals surface area contributed by atoms with Gasteiger partial charge in [0.2, 0.25) is 0 Å². The highest BCUT2D eigenvalue weighted by molar-refractivity contribution is 5.71. The number of hydrogen-bond acceptors (Lipinski definition) is 2. The largest absolute Gasteiger partial charge is 0.352 e. The minimum Gasteiger partial charge on any atom is -0.352 e. The van der Waals surface area contributed by atoms with Crippen molar-refractivity contribution in [3.05, 3.63) is 83.2 Å². The van der Waals surface area contributed by atoms with Crippen molar-refractivity contribution in [2.24, 2.45) is 0 Å². The summed E-state index contributed by atoms with van der Waals surface area (Å²) in [6, 6.07) is 15.4. The van der Waals surface area contributed by atoms with Gasteiger partial charge in [-0.05, 0) is 48.1 Å². The van der Waals surface area contributed by atoms with Crippen molar-refractivity contribution in [2.75, 3.05) is 13.2 Å². The van der Waals surface area contributed by atoms with Gasteiger partial charge in [0.1, 0.15) is 5.82 Å². The van der Waals surface area contributed by atoms with Crippen LogP contribution in [0.15, 0.2) is 54.6 Å². The quantitative estimate of drug-likeness (QED) is 0.220. The average Bonchev–Trinajstić information content (AvgIpc) is 2.93. The van der Waals surface area contributed by atoms with Crippen LogP contribution in [0, 0.1) is 17.5 Å². The van der Waals surface area contributed by atoms with E-state index in [-0.39, 0.29) is 23.6 Å². The van der Waals surface area contributed by atoms with Crippen molar-refractivity contribution in [3.8, 4) is 22.3 Å². The van der Waals surface area contributed by atoms with Crippen molar-refractivity contribution in [1.29, 1.82) is 0 Å². The van der Waals surface area contributed by atoms with E-state index in [1.165, 1.54) is 38.2 Å². The number of hydrogen-bond donors (Lipinski definition) is 0. The SMILES string of the molecule is CCCCCCCCCCc1ccc(-c2ccc(-c3ccc(C4COC(C)OC4)cc3F)cc2)c(F)c1F. The summed E-state index contributed by atoms with van der Waals surface area (Å²) in [5.41, 5.74) is 3.18. The highest BCUT2D eigenvalue weighted by Crippen LogP contribution is 2.32. The molecule has 3 aromatic carbocycles. The summed E-state index contributed by atoms with van der Waals surface area (Å²) in [5.74, 6) is -1.93. The van der Waals surface area contributed by atoms with Gasteiger partial charge in [-0.2, -0.15) is 0 Å². The fraction of sp³-hybridized carbons (Fsp3) is 0.455. The van der Waals surface area contributed by atoms with Crippen LogP contribution in [-0.4, -0.2) is 19.5 Å². The summed E-state index contributed by atoms with van der Waals surface area (Å²) < 4.78 is 55.8. The fourth-order valence-electron chi connectivity index (χ4n) is 5.10. The summed E-state index contributed by atoms with van der Waals surface area (Å²) in [4.78, 5) is 0. The third-order valence-electron chi connectivity index (χ3n) is 7.50.